The van der Waals surface area contributed by atoms with E-state index in [1.165, 1.54) is 7.11 Å². The van der Waals surface area contributed by atoms with Gasteiger partial charge in [-0.25, -0.2) is 4.79 Å². The number of nitrogens with one attached hydrogen (secondary N) is 2. The quantitative estimate of drug-likeness (QED) is 0.714. The Morgan fingerprint density at radius 1 is 1.30 bits per heavy atom. The van der Waals surface area contributed by atoms with E-state index in [9.17, 15) is 4.79 Å². The van der Waals surface area contributed by atoms with E-state index in [4.69, 9.17) is 14.6 Å². The van der Waals surface area contributed by atoms with Crippen molar-refractivity contribution in [3.05, 3.63) is 18.2 Å². The Morgan fingerprint density at radius 3 is 2.55 bits per heavy atom. The lowest BCUT2D eigenvalue weighted by molar-refractivity contribution is 0.237. The van der Waals surface area contributed by atoms with Crippen LogP contribution in [-0.2, 0) is 0 Å². The van der Waals surface area contributed by atoms with E-state index in [-0.39, 0.29) is 18.7 Å². The predicted octanol–water partition coefficient (Wildman–Crippen LogP) is 1.99. The van der Waals surface area contributed by atoms with Crippen molar-refractivity contribution in [2.24, 2.45) is 0 Å². The van der Waals surface area contributed by atoms with Crippen molar-refractivity contribution in [3.8, 4) is 11.5 Å². The van der Waals surface area contributed by atoms with Crippen LogP contribution in [-0.4, -0.2) is 38.0 Å². The van der Waals surface area contributed by atoms with Crippen LogP contribution in [0.3, 0.4) is 0 Å². The number of rotatable bonds is 7. The van der Waals surface area contributed by atoms with Gasteiger partial charge in [0.05, 0.1) is 14.2 Å². The van der Waals surface area contributed by atoms with Gasteiger partial charge < -0.3 is 25.2 Å². The lowest BCUT2D eigenvalue weighted by Crippen LogP contribution is -2.38. The molecule has 3 N–H and O–H groups in total. The molecule has 0 heterocycles. The van der Waals surface area contributed by atoms with Crippen molar-refractivity contribution in [3.63, 3.8) is 0 Å². The lowest BCUT2D eigenvalue weighted by Gasteiger charge is -2.16. The fourth-order valence-corrected chi connectivity index (χ4v) is 1.80. The molecule has 0 aliphatic carbocycles. The van der Waals surface area contributed by atoms with E-state index in [0.29, 0.717) is 23.6 Å². The zero-order valence-electron chi connectivity index (χ0n) is 12.1. The van der Waals surface area contributed by atoms with E-state index >= 15 is 0 Å². The van der Waals surface area contributed by atoms with Gasteiger partial charge in [-0.15, -0.1) is 0 Å². The number of hydrogen-bond acceptors (Lipinski definition) is 4. The molecule has 0 aliphatic heterocycles. The summed E-state index contributed by atoms with van der Waals surface area (Å²) in [4.78, 5) is 11.8. The number of aliphatic hydroxyl groups is 1. The third kappa shape index (κ3) is 4.62. The largest absolute Gasteiger partial charge is 0.493 e. The van der Waals surface area contributed by atoms with Gasteiger partial charge in [-0.3, -0.25) is 0 Å². The van der Waals surface area contributed by atoms with Crippen LogP contribution in [0.2, 0.25) is 0 Å². The van der Waals surface area contributed by atoms with Gasteiger partial charge in [0.2, 0.25) is 0 Å². The van der Waals surface area contributed by atoms with Crippen LogP contribution in [0.1, 0.15) is 19.8 Å². The fourth-order valence-electron chi connectivity index (χ4n) is 1.80. The molecule has 0 saturated heterocycles. The van der Waals surface area contributed by atoms with Gasteiger partial charge in [0.15, 0.2) is 11.5 Å². The standard InChI is InChI=1S/C14H22N2O4/c1-4-10(7-8-17)15-14(18)16-11-5-6-12(19-2)13(9-11)20-3/h5-6,9-10,17H,4,7-8H2,1-3H3,(H2,15,16,18). The highest BCUT2D eigenvalue weighted by atomic mass is 16.5. The molecule has 0 fully saturated rings. The summed E-state index contributed by atoms with van der Waals surface area (Å²) in [5, 5.41) is 14.4. The third-order valence-electron chi connectivity index (χ3n) is 2.95. The van der Waals surface area contributed by atoms with Crippen LogP contribution in [0.4, 0.5) is 10.5 Å². The molecule has 2 amide bonds. The number of methoxy groups -OCH3 is 2. The molecule has 6 heteroatoms. The Hall–Kier alpha value is -1.95. The maximum Gasteiger partial charge on any atom is 0.319 e. The second-order valence-corrected chi connectivity index (χ2v) is 4.29. The van der Waals surface area contributed by atoms with Gasteiger partial charge in [0, 0.05) is 24.4 Å². The topological polar surface area (TPSA) is 79.8 Å². The molecule has 1 unspecified atom stereocenters. The van der Waals surface area contributed by atoms with Crippen molar-refractivity contribution in [1.82, 2.24) is 5.32 Å². The van der Waals surface area contributed by atoms with E-state index < -0.39 is 0 Å². The van der Waals surface area contributed by atoms with E-state index in [1.54, 1.807) is 25.3 Å². The smallest absolute Gasteiger partial charge is 0.319 e. The van der Waals surface area contributed by atoms with E-state index in [2.05, 4.69) is 10.6 Å². The molecule has 6 nitrogen and oxygen atoms in total. The minimum absolute atomic E-state index is 0.0415. The first-order valence-electron chi connectivity index (χ1n) is 6.55. The third-order valence-corrected chi connectivity index (χ3v) is 2.95. The van der Waals surface area contributed by atoms with Crippen LogP contribution >= 0.6 is 0 Å². The number of ether oxygens (including phenoxy) is 2. The second-order valence-electron chi connectivity index (χ2n) is 4.29. The SMILES string of the molecule is CCC(CCO)NC(=O)Nc1ccc(OC)c(OC)c1. The van der Waals surface area contributed by atoms with E-state index in [0.717, 1.165) is 6.42 Å². The number of carbonyl (C=O) groups is 1. The van der Waals surface area contributed by atoms with Crippen molar-refractivity contribution in [2.45, 2.75) is 25.8 Å². The van der Waals surface area contributed by atoms with Gasteiger partial charge in [-0.1, -0.05) is 6.92 Å². The highest BCUT2D eigenvalue weighted by Crippen LogP contribution is 2.29. The Balaban J connectivity index is 2.66. The molecule has 1 aromatic rings. The molecule has 0 saturated carbocycles. The number of carbonyl (C=O) groups excluding carboxylic acids is 1. The number of anilines is 1. The van der Waals surface area contributed by atoms with Crippen LogP contribution in [0, 0.1) is 0 Å². The maximum absolute atomic E-state index is 11.8. The predicted molar refractivity (Wildman–Crippen MR) is 77.5 cm³/mol. The highest BCUT2D eigenvalue weighted by Gasteiger charge is 2.11. The number of benzene rings is 1. The summed E-state index contributed by atoms with van der Waals surface area (Å²) < 4.78 is 10.3. The minimum Gasteiger partial charge on any atom is -0.493 e. The maximum atomic E-state index is 11.8. The molecule has 0 radical (unpaired) electrons. The van der Waals surface area contributed by atoms with Crippen LogP contribution < -0.4 is 20.1 Å². The lowest BCUT2D eigenvalue weighted by atomic mass is 10.2. The van der Waals surface area contributed by atoms with Gasteiger partial charge in [0.25, 0.3) is 0 Å². The summed E-state index contributed by atoms with van der Waals surface area (Å²) >= 11 is 0. The zero-order valence-corrected chi connectivity index (χ0v) is 12.1. The molecule has 20 heavy (non-hydrogen) atoms. The number of amides is 2. The first-order valence-corrected chi connectivity index (χ1v) is 6.55. The summed E-state index contributed by atoms with van der Waals surface area (Å²) in [6, 6.07) is 4.79. The van der Waals surface area contributed by atoms with Crippen molar-refractivity contribution < 1.29 is 19.4 Å². The van der Waals surface area contributed by atoms with Gasteiger partial charge in [-0.05, 0) is 25.0 Å². The molecule has 0 aliphatic rings. The van der Waals surface area contributed by atoms with Crippen LogP contribution in [0.15, 0.2) is 18.2 Å². The number of hydrogen-bond donors (Lipinski definition) is 3. The van der Waals surface area contributed by atoms with Crippen molar-refractivity contribution in [2.75, 3.05) is 26.1 Å². The molecule has 112 valence electrons. The Kier molecular flexibility index (Phi) is 6.66. The Labute approximate surface area is 119 Å². The molecule has 0 bridgehead atoms. The molecule has 0 aromatic heterocycles. The van der Waals surface area contributed by atoms with Gasteiger partial charge in [0.1, 0.15) is 0 Å². The molecule has 0 spiro atoms. The van der Waals surface area contributed by atoms with Crippen molar-refractivity contribution in [1.29, 1.82) is 0 Å². The number of urea groups is 1. The Morgan fingerprint density at radius 2 is 2.00 bits per heavy atom. The molecular formula is C14H22N2O4. The highest BCUT2D eigenvalue weighted by molar-refractivity contribution is 5.89. The molecular weight excluding hydrogens is 260 g/mol. The molecule has 1 atom stereocenters. The average Bonchev–Trinajstić information content (AvgIpc) is 2.46. The summed E-state index contributed by atoms with van der Waals surface area (Å²) in [5.74, 6) is 1.15. The first kappa shape index (κ1) is 16.1. The van der Waals surface area contributed by atoms with Gasteiger partial charge >= 0.3 is 6.03 Å². The second kappa shape index (κ2) is 8.27. The van der Waals surface area contributed by atoms with Gasteiger partial charge in [-0.2, -0.15) is 0 Å². The zero-order chi connectivity index (χ0) is 15.0. The normalized spacial score (nSPS) is 11.6. The fraction of sp³-hybridized carbons (Fsp3) is 0.500. The van der Waals surface area contributed by atoms with Crippen LogP contribution in [0.5, 0.6) is 11.5 Å². The van der Waals surface area contributed by atoms with Crippen LogP contribution in [0.25, 0.3) is 0 Å². The summed E-state index contributed by atoms with van der Waals surface area (Å²) in [5.41, 5.74) is 0.610. The van der Waals surface area contributed by atoms with Crippen molar-refractivity contribution >= 4 is 11.7 Å². The average molecular weight is 282 g/mol. The summed E-state index contributed by atoms with van der Waals surface area (Å²) in [6.07, 6.45) is 1.30. The summed E-state index contributed by atoms with van der Waals surface area (Å²) in [7, 11) is 3.09. The molecule has 1 rings (SSSR count). The summed E-state index contributed by atoms with van der Waals surface area (Å²) in [6.45, 7) is 2.01. The minimum atomic E-state index is -0.308. The Bertz CT molecular complexity index is 437. The number of aliphatic hydroxyl groups excluding tert-OH is 1. The first-order chi connectivity index (χ1) is 9.64. The van der Waals surface area contributed by atoms with E-state index in [1.807, 2.05) is 6.92 Å². The molecule has 1 aromatic carbocycles. The monoisotopic (exact) mass is 282 g/mol.